The van der Waals surface area contributed by atoms with E-state index in [1.165, 1.54) is 31.4 Å². The number of nitrogens with one attached hydrogen (secondary N) is 1. The van der Waals surface area contributed by atoms with Gasteiger partial charge in [-0.3, -0.25) is 4.79 Å². The topological polar surface area (TPSA) is 73.9 Å². The number of hydrogen-bond donors (Lipinski definition) is 1. The number of hydrogen-bond acceptors (Lipinski definition) is 5. The molecule has 0 unspecified atom stereocenters. The first-order chi connectivity index (χ1) is 13.8. The van der Waals surface area contributed by atoms with Crippen molar-refractivity contribution in [1.29, 1.82) is 0 Å². The Balaban J connectivity index is 1.89. The van der Waals surface area contributed by atoms with Crippen LogP contribution in [0.1, 0.15) is 11.1 Å². The van der Waals surface area contributed by atoms with Crippen LogP contribution < -0.4 is 14.8 Å². The normalized spacial score (nSPS) is 10.8. The molecule has 29 heavy (non-hydrogen) atoms. The maximum absolute atomic E-state index is 12.3. The highest BCUT2D eigenvalue weighted by atomic mass is 35.5. The van der Waals surface area contributed by atoms with Crippen molar-refractivity contribution in [3.63, 3.8) is 0 Å². The van der Waals surface area contributed by atoms with Crippen molar-refractivity contribution in [3.8, 4) is 11.5 Å². The molecule has 0 aliphatic rings. The van der Waals surface area contributed by atoms with Crippen LogP contribution in [0.4, 0.5) is 14.5 Å². The van der Waals surface area contributed by atoms with Crippen LogP contribution in [-0.4, -0.2) is 32.2 Å². The number of esters is 1. The van der Waals surface area contributed by atoms with Crippen molar-refractivity contribution < 1.29 is 32.6 Å². The second-order valence-corrected chi connectivity index (χ2v) is 6.17. The fourth-order valence-corrected chi connectivity index (χ4v) is 2.52. The zero-order chi connectivity index (χ0) is 21.4. The fraction of sp³-hybridized carbons (Fsp3) is 0.200. The zero-order valence-electron chi connectivity index (χ0n) is 15.6. The Hall–Kier alpha value is -3.13. The number of ether oxygens (including phenoxy) is 3. The number of alkyl halides is 2. The summed E-state index contributed by atoms with van der Waals surface area (Å²) in [6, 6.07) is 9.27. The first kappa shape index (κ1) is 22.2. The molecule has 0 saturated heterocycles. The lowest BCUT2D eigenvalue weighted by molar-refractivity contribution is -0.142. The smallest absolute Gasteiger partial charge is 0.387 e. The molecule has 2 rings (SSSR count). The van der Waals surface area contributed by atoms with Gasteiger partial charge in [0.1, 0.15) is 0 Å². The predicted molar refractivity (Wildman–Crippen MR) is 104 cm³/mol. The van der Waals surface area contributed by atoms with E-state index in [4.69, 9.17) is 21.1 Å². The SMILES string of the molecule is COc1cc(/C=C/C(=O)OCC(=O)Nc2ccc(C)cc2Cl)ccc1OC(F)F. The number of benzene rings is 2. The maximum Gasteiger partial charge on any atom is 0.387 e. The van der Waals surface area contributed by atoms with E-state index in [0.717, 1.165) is 11.6 Å². The lowest BCUT2D eigenvalue weighted by Crippen LogP contribution is -2.20. The van der Waals surface area contributed by atoms with E-state index in [0.29, 0.717) is 16.3 Å². The highest BCUT2D eigenvalue weighted by Gasteiger charge is 2.11. The van der Waals surface area contributed by atoms with Crippen LogP contribution in [0.2, 0.25) is 5.02 Å². The number of halogens is 3. The van der Waals surface area contributed by atoms with Gasteiger partial charge >= 0.3 is 12.6 Å². The molecule has 0 aromatic heterocycles. The number of carbonyl (C=O) groups is 2. The number of aryl methyl sites for hydroxylation is 1. The summed E-state index contributed by atoms with van der Waals surface area (Å²) in [5, 5.41) is 2.91. The van der Waals surface area contributed by atoms with E-state index in [2.05, 4.69) is 10.1 Å². The minimum Gasteiger partial charge on any atom is -0.493 e. The molecule has 2 aromatic carbocycles. The fourth-order valence-electron chi connectivity index (χ4n) is 2.24. The van der Waals surface area contributed by atoms with E-state index in [1.54, 1.807) is 18.2 Å². The molecule has 0 fully saturated rings. The second kappa shape index (κ2) is 10.4. The molecule has 0 radical (unpaired) electrons. The van der Waals surface area contributed by atoms with E-state index in [1.807, 2.05) is 6.92 Å². The van der Waals surface area contributed by atoms with Crippen molar-refractivity contribution in [2.24, 2.45) is 0 Å². The van der Waals surface area contributed by atoms with Gasteiger partial charge in [0.05, 0.1) is 17.8 Å². The second-order valence-electron chi connectivity index (χ2n) is 5.76. The summed E-state index contributed by atoms with van der Waals surface area (Å²) in [6.45, 7) is -1.63. The lowest BCUT2D eigenvalue weighted by atomic mass is 10.2. The average molecular weight is 426 g/mol. The molecule has 0 bridgehead atoms. The Kier molecular flexibility index (Phi) is 7.97. The van der Waals surface area contributed by atoms with Crippen LogP contribution in [0.5, 0.6) is 11.5 Å². The molecule has 1 amide bonds. The third-order valence-corrected chi connectivity index (χ3v) is 3.87. The third kappa shape index (κ3) is 7.08. The van der Waals surface area contributed by atoms with Crippen molar-refractivity contribution in [2.75, 3.05) is 19.0 Å². The Bertz CT molecular complexity index is 918. The summed E-state index contributed by atoms with van der Waals surface area (Å²) in [5.41, 5.74) is 1.83. The van der Waals surface area contributed by atoms with E-state index in [-0.39, 0.29) is 11.5 Å². The minimum absolute atomic E-state index is 0.0789. The Morgan fingerprint density at radius 3 is 2.59 bits per heavy atom. The molecule has 0 saturated carbocycles. The monoisotopic (exact) mass is 425 g/mol. The molecule has 0 aliphatic heterocycles. The number of methoxy groups -OCH3 is 1. The van der Waals surface area contributed by atoms with Gasteiger partial charge in [0.15, 0.2) is 18.1 Å². The number of amides is 1. The van der Waals surface area contributed by atoms with Gasteiger partial charge in [0.25, 0.3) is 5.91 Å². The molecular weight excluding hydrogens is 408 g/mol. The van der Waals surface area contributed by atoms with Crippen LogP contribution in [0.25, 0.3) is 6.08 Å². The predicted octanol–water partition coefficient (Wildman–Crippen LogP) is 4.45. The first-order valence-electron chi connectivity index (χ1n) is 8.32. The van der Waals surface area contributed by atoms with Crippen molar-refractivity contribution in [2.45, 2.75) is 13.5 Å². The molecule has 2 aromatic rings. The van der Waals surface area contributed by atoms with Gasteiger partial charge in [-0.15, -0.1) is 0 Å². The lowest BCUT2D eigenvalue weighted by Gasteiger charge is -2.10. The summed E-state index contributed by atoms with van der Waals surface area (Å²) in [7, 11) is 1.30. The van der Waals surface area contributed by atoms with Gasteiger partial charge in [0.2, 0.25) is 0 Å². The Morgan fingerprint density at radius 1 is 1.17 bits per heavy atom. The summed E-state index contributed by atoms with van der Waals surface area (Å²) in [6.07, 6.45) is 2.47. The molecule has 6 nitrogen and oxygen atoms in total. The largest absolute Gasteiger partial charge is 0.493 e. The van der Waals surface area contributed by atoms with Crippen molar-refractivity contribution >= 4 is 35.2 Å². The maximum atomic E-state index is 12.3. The summed E-state index contributed by atoms with van der Waals surface area (Å²) < 4.78 is 38.8. The first-order valence-corrected chi connectivity index (χ1v) is 8.70. The van der Waals surface area contributed by atoms with Gasteiger partial charge in [-0.25, -0.2) is 4.79 Å². The van der Waals surface area contributed by atoms with E-state index < -0.39 is 25.1 Å². The molecule has 0 heterocycles. The van der Waals surface area contributed by atoms with Crippen LogP contribution in [0, 0.1) is 6.92 Å². The van der Waals surface area contributed by atoms with E-state index >= 15 is 0 Å². The minimum atomic E-state index is -2.98. The van der Waals surface area contributed by atoms with Crippen LogP contribution in [-0.2, 0) is 14.3 Å². The molecule has 1 N–H and O–H groups in total. The summed E-state index contributed by atoms with van der Waals surface area (Å²) >= 11 is 6.02. The molecule has 0 spiro atoms. The van der Waals surface area contributed by atoms with Gasteiger partial charge in [0, 0.05) is 6.08 Å². The quantitative estimate of drug-likeness (QED) is 0.499. The van der Waals surface area contributed by atoms with Crippen LogP contribution >= 0.6 is 11.6 Å². The third-order valence-electron chi connectivity index (χ3n) is 3.56. The highest BCUT2D eigenvalue weighted by molar-refractivity contribution is 6.33. The molecular formula is C20H18ClF2NO5. The number of carbonyl (C=O) groups excluding carboxylic acids is 2. The van der Waals surface area contributed by atoms with E-state index in [9.17, 15) is 18.4 Å². The van der Waals surface area contributed by atoms with Crippen molar-refractivity contribution in [3.05, 3.63) is 58.6 Å². The Morgan fingerprint density at radius 2 is 1.93 bits per heavy atom. The molecule has 0 atom stereocenters. The van der Waals surface area contributed by atoms with Gasteiger partial charge in [-0.05, 0) is 48.4 Å². The standard InChI is InChI=1S/C20H18ClF2NO5/c1-12-3-6-15(14(21)9-12)24-18(25)11-28-19(26)8-5-13-4-7-16(29-20(22)23)17(10-13)27-2/h3-10,20H,11H2,1-2H3,(H,24,25)/b8-5+. The number of rotatable bonds is 8. The Labute approximate surface area is 171 Å². The molecule has 154 valence electrons. The van der Waals surface area contributed by atoms with Crippen LogP contribution in [0.3, 0.4) is 0 Å². The van der Waals surface area contributed by atoms with Gasteiger partial charge in [-0.1, -0.05) is 23.7 Å². The van der Waals surface area contributed by atoms with Crippen LogP contribution in [0.15, 0.2) is 42.5 Å². The highest BCUT2D eigenvalue weighted by Crippen LogP contribution is 2.29. The van der Waals surface area contributed by atoms with Gasteiger partial charge < -0.3 is 19.5 Å². The molecule has 9 heteroatoms. The number of anilines is 1. The molecule has 0 aliphatic carbocycles. The average Bonchev–Trinajstić information content (AvgIpc) is 2.67. The summed E-state index contributed by atoms with van der Waals surface area (Å²) in [5.74, 6) is -1.36. The van der Waals surface area contributed by atoms with Crippen molar-refractivity contribution in [1.82, 2.24) is 0 Å². The summed E-state index contributed by atoms with van der Waals surface area (Å²) in [4.78, 5) is 23.7. The van der Waals surface area contributed by atoms with Gasteiger partial charge in [-0.2, -0.15) is 8.78 Å². The zero-order valence-corrected chi connectivity index (χ0v) is 16.3.